The van der Waals surface area contributed by atoms with Gasteiger partial charge >= 0.3 is 0 Å². The second kappa shape index (κ2) is 5.83. The van der Waals surface area contributed by atoms with Gasteiger partial charge in [0.1, 0.15) is 0 Å². The first-order valence-corrected chi connectivity index (χ1v) is 8.63. The van der Waals surface area contributed by atoms with Crippen LogP contribution in [0.15, 0.2) is 17.3 Å². The molecule has 0 bridgehead atoms. The summed E-state index contributed by atoms with van der Waals surface area (Å²) in [6.45, 7) is 2.68. The molecule has 0 unspecified atom stereocenters. The van der Waals surface area contributed by atoms with Crippen molar-refractivity contribution in [1.29, 1.82) is 0 Å². The summed E-state index contributed by atoms with van der Waals surface area (Å²) in [4.78, 5) is 0. The molecule has 0 radical (unpaired) electrons. The van der Waals surface area contributed by atoms with Gasteiger partial charge in [0, 0.05) is 25.7 Å². The third-order valence-electron chi connectivity index (χ3n) is 4.31. The zero-order valence-electron chi connectivity index (χ0n) is 12.2. The van der Waals surface area contributed by atoms with Crippen molar-refractivity contribution < 1.29 is 8.42 Å². The topological polar surface area (TPSA) is 81.2 Å². The first-order chi connectivity index (χ1) is 9.48. The van der Waals surface area contributed by atoms with Gasteiger partial charge in [0.25, 0.3) is 10.0 Å². The van der Waals surface area contributed by atoms with Crippen LogP contribution in [0.1, 0.15) is 39.0 Å². The molecule has 20 heavy (non-hydrogen) atoms. The van der Waals surface area contributed by atoms with Crippen molar-refractivity contribution >= 4 is 10.0 Å². The molecule has 0 aliphatic heterocycles. The Morgan fingerprint density at radius 3 is 2.50 bits per heavy atom. The van der Waals surface area contributed by atoms with Crippen molar-refractivity contribution in [2.75, 3.05) is 13.1 Å². The highest BCUT2D eigenvalue weighted by molar-refractivity contribution is 7.89. The van der Waals surface area contributed by atoms with E-state index >= 15 is 0 Å². The maximum absolute atomic E-state index is 12.9. The summed E-state index contributed by atoms with van der Waals surface area (Å²) in [5.41, 5.74) is 5.54. The van der Waals surface area contributed by atoms with E-state index in [-0.39, 0.29) is 5.03 Å². The van der Waals surface area contributed by atoms with E-state index in [1.54, 1.807) is 17.4 Å². The van der Waals surface area contributed by atoms with Crippen LogP contribution in [-0.2, 0) is 17.1 Å². The summed E-state index contributed by atoms with van der Waals surface area (Å²) in [5, 5.41) is 4.21. The maximum atomic E-state index is 12.9. The molecular formula is C13H24N4O2S. The molecule has 0 aromatic carbocycles. The number of hydrogen-bond donors (Lipinski definition) is 1. The van der Waals surface area contributed by atoms with Crippen molar-refractivity contribution in [2.45, 2.75) is 49.6 Å². The SMILES string of the molecule is CCN(C1(CN)CCCCC1)S(=O)(=O)c1ccnn1C. The lowest BCUT2D eigenvalue weighted by atomic mass is 9.81. The summed E-state index contributed by atoms with van der Waals surface area (Å²) in [5.74, 6) is 0. The van der Waals surface area contributed by atoms with E-state index in [1.165, 1.54) is 10.9 Å². The van der Waals surface area contributed by atoms with Crippen LogP contribution in [0.4, 0.5) is 0 Å². The first-order valence-electron chi connectivity index (χ1n) is 7.19. The van der Waals surface area contributed by atoms with E-state index in [9.17, 15) is 8.42 Å². The molecule has 0 spiro atoms. The molecular weight excluding hydrogens is 276 g/mol. The second-order valence-electron chi connectivity index (χ2n) is 5.45. The van der Waals surface area contributed by atoms with Crippen LogP contribution in [-0.4, -0.2) is 41.1 Å². The van der Waals surface area contributed by atoms with Crippen LogP contribution in [0.3, 0.4) is 0 Å². The molecule has 1 aromatic heterocycles. The minimum Gasteiger partial charge on any atom is -0.329 e. The standard InChI is InChI=1S/C13H24N4O2S/c1-3-17(13(11-14)8-5-4-6-9-13)20(18,19)12-7-10-15-16(12)2/h7,10H,3-6,8-9,11,14H2,1-2H3. The number of hydrogen-bond acceptors (Lipinski definition) is 4. The molecule has 0 amide bonds. The third-order valence-corrected chi connectivity index (χ3v) is 6.47. The summed E-state index contributed by atoms with van der Waals surface area (Å²) in [6.07, 6.45) is 6.42. The van der Waals surface area contributed by atoms with E-state index in [0.717, 1.165) is 32.1 Å². The number of aryl methyl sites for hydroxylation is 1. The van der Waals surface area contributed by atoms with E-state index < -0.39 is 15.6 Å². The molecule has 1 aliphatic rings. The van der Waals surface area contributed by atoms with Crippen molar-refractivity contribution in [1.82, 2.24) is 14.1 Å². The zero-order valence-corrected chi connectivity index (χ0v) is 13.1. The summed E-state index contributed by atoms with van der Waals surface area (Å²) >= 11 is 0. The second-order valence-corrected chi connectivity index (χ2v) is 7.26. The number of rotatable bonds is 5. The Kier molecular flexibility index (Phi) is 4.51. The lowest BCUT2D eigenvalue weighted by Gasteiger charge is -2.44. The van der Waals surface area contributed by atoms with E-state index in [4.69, 9.17) is 5.73 Å². The average molecular weight is 300 g/mol. The van der Waals surface area contributed by atoms with Gasteiger partial charge in [-0.15, -0.1) is 0 Å². The van der Waals surface area contributed by atoms with E-state index in [0.29, 0.717) is 13.1 Å². The van der Waals surface area contributed by atoms with E-state index in [1.807, 2.05) is 6.92 Å². The summed E-state index contributed by atoms with van der Waals surface area (Å²) in [7, 11) is -1.91. The molecule has 1 fully saturated rings. The third kappa shape index (κ3) is 2.49. The Balaban J connectivity index is 2.43. The fourth-order valence-corrected chi connectivity index (χ4v) is 5.20. The number of aromatic nitrogens is 2. The van der Waals surface area contributed by atoms with E-state index in [2.05, 4.69) is 5.10 Å². The lowest BCUT2D eigenvalue weighted by Crippen LogP contribution is -2.57. The quantitative estimate of drug-likeness (QED) is 0.882. The van der Waals surface area contributed by atoms with Crippen LogP contribution >= 0.6 is 0 Å². The van der Waals surface area contributed by atoms with Crippen LogP contribution in [0.2, 0.25) is 0 Å². The van der Waals surface area contributed by atoms with Gasteiger partial charge in [-0.05, 0) is 18.9 Å². The van der Waals surface area contributed by atoms with Gasteiger partial charge in [0.15, 0.2) is 5.03 Å². The monoisotopic (exact) mass is 300 g/mol. The predicted molar refractivity (Wildman–Crippen MR) is 77.6 cm³/mol. The summed E-state index contributed by atoms with van der Waals surface area (Å²) in [6, 6.07) is 1.55. The molecule has 1 aromatic rings. The van der Waals surface area contributed by atoms with Gasteiger partial charge in [0.05, 0.1) is 6.20 Å². The molecule has 2 rings (SSSR count). The fraction of sp³-hybridized carbons (Fsp3) is 0.769. The van der Waals surface area contributed by atoms with Gasteiger partial charge in [-0.25, -0.2) is 8.42 Å². The fourth-order valence-electron chi connectivity index (χ4n) is 3.25. The van der Waals surface area contributed by atoms with Crippen molar-refractivity contribution in [3.8, 4) is 0 Å². The molecule has 1 saturated carbocycles. The van der Waals surface area contributed by atoms with Gasteiger partial charge in [-0.1, -0.05) is 26.2 Å². The predicted octanol–water partition coefficient (Wildman–Crippen LogP) is 1.09. The maximum Gasteiger partial charge on any atom is 0.260 e. The zero-order chi connectivity index (χ0) is 14.8. The van der Waals surface area contributed by atoms with Gasteiger partial charge in [-0.3, -0.25) is 4.68 Å². The average Bonchev–Trinajstić information content (AvgIpc) is 2.87. The van der Waals surface area contributed by atoms with Gasteiger partial charge in [0.2, 0.25) is 0 Å². The Hall–Kier alpha value is -0.920. The number of nitrogens with zero attached hydrogens (tertiary/aromatic N) is 3. The largest absolute Gasteiger partial charge is 0.329 e. The minimum absolute atomic E-state index is 0.234. The highest BCUT2D eigenvalue weighted by Gasteiger charge is 2.43. The normalized spacial score (nSPS) is 19.4. The summed E-state index contributed by atoms with van der Waals surface area (Å²) < 4.78 is 28.8. The highest BCUT2D eigenvalue weighted by atomic mass is 32.2. The Morgan fingerprint density at radius 1 is 1.40 bits per heavy atom. The number of nitrogens with two attached hydrogens (primary N) is 1. The smallest absolute Gasteiger partial charge is 0.260 e. The molecule has 0 atom stereocenters. The van der Waals surface area contributed by atoms with Gasteiger partial charge < -0.3 is 5.73 Å². The molecule has 114 valence electrons. The van der Waals surface area contributed by atoms with Crippen LogP contribution < -0.4 is 5.73 Å². The number of likely N-dealkylation sites (N-methyl/N-ethyl adjacent to an activating group) is 1. The molecule has 1 heterocycles. The van der Waals surface area contributed by atoms with Crippen LogP contribution in [0, 0.1) is 0 Å². The number of sulfonamides is 1. The molecule has 6 nitrogen and oxygen atoms in total. The molecule has 0 saturated heterocycles. The van der Waals surface area contributed by atoms with Gasteiger partial charge in [-0.2, -0.15) is 9.40 Å². The molecule has 7 heteroatoms. The Bertz CT molecular complexity index is 546. The van der Waals surface area contributed by atoms with Crippen molar-refractivity contribution in [2.24, 2.45) is 12.8 Å². The van der Waals surface area contributed by atoms with Crippen molar-refractivity contribution in [3.63, 3.8) is 0 Å². The van der Waals surface area contributed by atoms with Crippen LogP contribution in [0.25, 0.3) is 0 Å². The van der Waals surface area contributed by atoms with Crippen LogP contribution in [0.5, 0.6) is 0 Å². The van der Waals surface area contributed by atoms with Crippen molar-refractivity contribution in [3.05, 3.63) is 12.3 Å². The highest BCUT2D eigenvalue weighted by Crippen LogP contribution is 2.36. The molecule has 1 aliphatic carbocycles. The lowest BCUT2D eigenvalue weighted by molar-refractivity contribution is 0.140. The molecule has 2 N–H and O–H groups in total. The Morgan fingerprint density at radius 2 is 2.05 bits per heavy atom. The first kappa shape index (κ1) is 15.5. The minimum atomic E-state index is -3.55. The Labute approximate surface area is 121 Å².